The molecule has 104 valence electrons. The second-order valence-electron chi connectivity index (χ2n) is 4.71. The number of amides is 2. The summed E-state index contributed by atoms with van der Waals surface area (Å²) in [6.07, 6.45) is 1.55. The average Bonchev–Trinajstić information content (AvgIpc) is 2.71. The molecule has 0 aromatic rings. The van der Waals surface area contributed by atoms with Crippen LogP contribution in [-0.2, 0) is 14.3 Å². The minimum absolute atomic E-state index is 0.0465. The molecule has 0 radical (unpaired) electrons. The van der Waals surface area contributed by atoms with Crippen molar-refractivity contribution in [2.24, 2.45) is 5.73 Å². The minimum atomic E-state index is -0.245. The van der Waals surface area contributed by atoms with Gasteiger partial charge < -0.3 is 20.7 Å². The zero-order chi connectivity index (χ0) is 13.5. The van der Waals surface area contributed by atoms with Crippen molar-refractivity contribution in [2.75, 3.05) is 26.7 Å². The van der Waals surface area contributed by atoms with Gasteiger partial charge in [-0.15, -0.1) is 0 Å². The fraction of sp³-hybridized carbons (Fsp3) is 0.833. The van der Waals surface area contributed by atoms with Gasteiger partial charge in [0.1, 0.15) is 0 Å². The van der Waals surface area contributed by atoms with Crippen LogP contribution < -0.4 is 11.1 Å². The Morgan fingerprint density at radius 2 is 2.33 bits per heavy atom. The number of rotatable bonds is 7. The lowest BCUT2D eigenvalue weighted by atomic mass is 10.2. The molecule has 0 aliphatic carbocycles. The Labute approximate surface area is 108 Å². The summed E-state index contributed by atoms with van der Waals surface area (Å²) >= 11 is 0. The van der Waals surface area contributed by atoms with E-state index in [0.29, 0.717) is 19.5 Å². The van der Waals surface area contributed by atoms with Crippen LogP contribution in [0.3, 0.4) is 0 Å². The van der Waals surface area contributed by atoms with Crippen LogP contribution in [0.2, 0.25) is 0 Å². The first-order valence-corrected chi connectivity index (χ1v) is 6.36. The molecule has 0 spiro atoms. The molecule has 2 atom stereocenters. The van der Waals surface area contributed by atoms with Crippen molar-refractivity contribution < 1.29 is 14.3 Å². The summed E-state index contributed by atoms with van der Waals surface area (Å²) in [4.78, 5) is 24.9. The summed E-state index contributed by atoms with van der Waals surface area (Å²) in [5.74, 6) is 0.0827. The largest absolute Gasteiger partial charge is 0.380 e. The molecule has 1 saturated heterocycles. The Morgan fingerprint density at radius 3 is 2.83 bits per heavy atom. The lowest BCUT2D eigenvalue weighted by molar-refractivity contribution is -0.129. The summed E-state index contributed by atoms with van der Waals surface area (Å²) in [5.41, 5.74) is 5.45. The molecule has 6 nitrogen and oxygen atoms in total. The van der Waals surface area contributed by atoms with Gasteiger partial charge in [0.05, 0.1) is 12.5 Å². The zero-order valence-corrected chi connectivity index (χ0v) is 11.1. The molecule has 0 aromatic heterocycles. The smallest absolute Gasteiger partial charge is 0.222 e. The summed E-state index contributed by atoms with van der Waals surface area (Å²) in [7, 11) is 1.54. The van der Waals surface area contributed by atoms with E-state index in [4.69, 9.17) is 10.5 Å². The molecule has 2 amide bonds. The standard InChI is InChI=1S/C12H23N3O3/c1-9(8-15-5-3-4-12(15)17)14-11(16)6-10(7-13)18-2/h9-10H,3-8,13H2,1-2H3,(H,14,16). The van der Waals surface area contributed by atoms with Crippen molar-refractivity contribution in [3.05, 3.63) is 0 Å². The number of nitrogens with zero attached hydrogens (tertiary/aromatic N) is 1. The van der Waals surface area contributed by atoms with Crippen molar-refractivity contribution in [2.45, 2.75) is 38.3 Å². The first-order valence-electron chi connectivity index (χ1n) is 6.36. The van der Waals surface area contributed by atoms with E-state index in [-0.39, 0.29) is 30.4 Å². The number of likely N-dealkylation sites (tertiary alicyclic amines) is 1. The lowest BCUT2D eigenvalue weighted by Crippen LogP contribution is -2.43. The van der Waals surface area contributed by atoms with E-state index >= 15 is 0 Å². The Bertz CT molecular complexity index is 292. The van der Waals surface area contributed by atoms with Crippen LogP contribution in [0.15, 0.2) is 0 Å². The molecule has 0 saturated carbocycles. The number of hydrogen-bond acceptors (Lipinski definition) is 4. The quantitative estimate of drug-likeness (QED) is 0.642. The number of nitrogens with two attached hydrogens (primary N) is 1. The first-order chi connectivity index (χ1) is 8.56. The number of ether oxygens (including phenoxy) is 1. The van der Waals surface area contributed by atoms with Gasteiger partial charge in [0.25, 0.3) is 0 Å². The van der Waals surface area contributed by atoms with E-state index in [1.807, 2.05) is 6.92 Å². The van der Waals surface area contributed by atoms with Crippen molar-refractivity contribution >= 4 is 11.8 Å². The summed E-state index contributed by atoms with van der Waals surface area (Å²) < 4.78 is 5.05. The van der Waals surface area contributed by atoms with Crippen LogP contribution >= 0.6 is 0 Å². The summed E-state index contributed by atoms with van der Waals surface area (Å²) in [5, 5.41) is 2.86. The topological polar surface area (TPSA) is 84.7 Å². The third kappa shape index (κ3) is 4.62. The van der Waals surface area contributed by atoms with Crippen LogP contribution in [0.4, 0.5) is 0 Å². The molecule has 1 aliphatic heterocycles. The number of nitrogens with one attached hydrogen (secondary N) is 1. The predicted octanol–water partition coefficient (Wildman–Crippen LogP) is -0.523. The molecule has 18 heavy (non-hydrogen) atoms. The molecule has 1 rings (SSSR count). The highest BCUT2D eigenvalue weighted by Gasteiger charge is 2.22. The highest BCUT2D eigenvalue weighted by atomic mass is 16.5. The molecule has 3 N–H and O–H groups in total. The maximum absolute atomic E-state index is 11.7. The third-order valence-corrected chi connectivity index (χ3v) is 3.08. The van der Waals surface area contributed by atoms with Gasteiger partial charge in [0, 0.05) is 39.2 Å². The molecular formula is C12H23N3O3. The molecule has 0 aromatic carbocycles. The Kier molecular flexibility index (Phi) is 6.07. The van der Waals surface area contributed by atoms with Gasteiger partial charge in [0.2, 0.25) is 11.8 Å². The second kappa shape index (κ2) is 7.33. The maximum Gasteiger partial charge on any atom is 0.222 e. The van der Waals surface area contributed by atoms with Gasteiger partial charge >= 0.3 is 0 Å². The molecule has 6 heteroatoms. The fourth-order valence-corrected chi connectivity index (χ4v) is 2.08. The van der Waals surface area contributed by atoms with Crippen LogP contribution in [0.25, 0.3) is 0 Å². The summed E-state index contributed by atoms with van der Waals surface area (Å²) in [6, 6.07) is -0.0465. The third-order valence-electron chi connectivity index (χ3n) is 3.08. The highest BCUT2D eigenvalue weighted by Crippen LogP contribution is 2.09. The van der Waals surface area contributed by atoms with Gasteiger partial charge in [-0.1, -0.05) is 0 Å². The molecule has 1 aliphatic rings. The SMILES string of the molecule is COC(CN)CC(=O)NC(C)CN1CCCC1=O. The molecule has 2 unspecified atom stereocenters. The number of methoxy groups -OCH3 is 1. The maximum atomic E-state index is 11.7. The molecule has 1 fully saturated rings. The summed E-state index contributed by atoms with van der Waals surface area (Å²) in [6.45, 7) is 3.59. The van der Waals surface area contributed by atoms with Gasteiger partial charge in [-0.3, -0.25) is 9.59 Å². The Hall–Kier alpha value is -1.14. The van der Waals surface area contributed by atoms with Crippen LogP contribution in [0.5, 0.6) is 0 Å². The zero-order valence-electron chi connectivity index (χ0n) is 11.1. The first kappa shape index (κ1) is 14.9. The highest BCUT2D eigenvalue weighted by molar-refractivity contribution is 5.79. The number of carbonyl (C=O) groups excluding carboxylic acids is 2. The molecular weight excluding hydrogens is 234 g/mol. The van der Waals surface area contributed by atoms with E-state index in [1.165, 1.54) is 7.11 Å². The van der Waals surface area contributed by atoms with E-state index in [0.717, 1.165) is 13.0 Å². The van der Waals surface area contributed by atoms with E-state index in [1.54, 1.807) is 4.90 Å². The second-order valence-corrected chi connectivity index (χ2v) is 4.71. The van der Waals surface area contributed by atoms with Gasteiger partial charge in [0.15, 0.2) is 0 Å². The van der Waals surface area contributed by atoms with Crippen LogP contribution in [-0.4, -0.2) is 55.6 Å². The lowest BCUT2D eigenvalue weighted by Gasteiger charge is -2.22. The number of carbonyl (C=O) groups is 2. The van der Waals surface area contributed by atoms with Gasteiger partial charge in [-0.25, -0.2) is 0 Å². The van der Waals surface area contributed by atoms with Gasteiger partial charge in [-0.2, -0.15) is 0 Å². The monoisotopic (exact) mass is 257 g/mol. The average molecular weight is 257 g/mol. The van der Waals surface area contributed by atoms with E-state index in [2.05, 4.69) is 5.32 Å². The molecule has 1 heterocycles. The molecule has 0 bridgehead atoms. The minimum Gasteiger partial charge on any atom is -0.380 e. The van der Waals surface area contributed by atoms with Crippen molar-refractivity contribution in [3.63, 3.8) is 0 Å². The van der Waals surface area contributed by atoms with Crippen molar-refractivity contribution in [3.8, 4) is 0 Å². The van der Waals surface area contributed by atoms with E-state index < -0.39 is 0 Å². The normalized spacial score (nSPS) is 18.8. The van der Waals surface area contributed by atoms with Crippen molar-refractivity contribution in [1.82, 2.24) is 10.2 Å². The van der Waals surface area contributed by atoms with Crippen LogP contribution in [0.1, 0.15) is 26.2 Å². The number of hydrogen-bond donors (Lipinski definition) is 2. The Morgan fingerprint density at radius 1 is 1.61 bits per heavy atom. The predicted molar refractivity (Wildman–Crippen MR) is 67.9 cm³/mol. The Balaban J connectivity index is 2.28. The van der Waals surface area contributed by atoms with E-state index in [9.17, 15) is 9.59 Å². The van der Waals surface area contributed by atoms with Crippen molar-refractivity contribution in [1.29, 1.82) is 0 Å². The van der Waals surface area contributed by atoms with Crippen LogP contribution in [0, 0.1) is 0 Å². The fourth-order valence-electron chi connectivity index (χ4n) is 2.08. The van der Waals surface area contributed by atoms with Gasteiger partial charge in [-0.05, 0) is 13.3 Å².